The second-order valence-corrected chi connectivity index (χ2v) is 6.10. The Hall–Kier alpha value is 0.140. The van der Waals surface area contributed by atoms with E-state index in [0.717, 1.165) is 16.5 Å². The molecule has 1 aromatic rings. The van der Waals surface area contributed by atoms with Crippen molar-refractivity contribution in [1.29, 1.82) is 0 Å². The lowest BCUT2D eigenvalue weighted by molar-refractivity contribution is 0.0236. The van der Waals surface area contributed by atoms with Crippen molar-refractivity contribution in [2.24, 2.45) is 5.41 Å². The van der Waals surface area contributed by atoms with Gasteiger partial charge in [0.2, 0.25) is 0 Å². The Labute approximate surface area is 104 Å². The molecule has 1 N–H and O–H groups in total. The summed E-state index contributed by atoms with van der Waals surface area (Å²) in [5.41, 5.74) is 1.23. The van der Waals surface area contributed by atoms with Gasteiger partial charge in [0.25, 0.3) is 0 Å². The largest absolute Gasteiger partial charge is 0.388 e. The number of halogens is 1. The highest BCUT2D eigenvalue weighted by Gasteiger charge is 2.40. The average Bonchev–Trinajstić information content (AvgIpc) is 2.86. The van der Waals surface area contributed by atoms with Crippen molar-refractivity contribution in [1.82, 2.24) is 0 Å². The van der Waals surface area contributed by atoms with E-state index in [0.29, 0.717) is 0 Å². The van der Waals surface area contributed by atoms with Crippen LogP contribution < -0.4 is 0 Å². The van der Waals surface area contributed by atoms with Crippen LogP contribution in [0.1, 0.15) is 50.7 Å². The Balaban J connectivity index is 2.26. The molecule has 1 saturated carbocycles. The van der Waals surface area contributed by atoms with Crippen molar-refractivity contribution in [2.75, 3.05) is 0 Å². The van der Waals surface area contributed by atoms with Crippen LogP contribution >= 0.6 is 27.3 Å². The number of aliphatic hydroxyl groups excluding tert-OH is 1. The van der Waals surface area contributed by atoms with Crippen LogP contribution in [0.5, 0.6) is 0 Å². The van der Waals surface area contributed by atoms with Gasteiger partial charge in [-0.25, -0.2) is 0 Å². The molecule has 1 nitrogen and oxygen atoms in total. The van der Waals surface area contributed by atoms with Gasteiger partial charge in [-0.15, -0.1) is 0 Å². The van der Waals surface area contributed by atoms with Crippen LogP contribution in [0.3, 0.4) is 0 Å². The van der Waals surface area contributed by atoms with Crippen LogP contribution in [0, 0.1) is 5.41 Å². The van der Waals surface area contributed by atoms with Crippen molar-refractivity contribution >= 4 is 27.3 Å². The van der Waals surface area contributed by atoms with Crippen LogP contribution in [-0.2, 0) is 0 Å². The first-order valence-corrected chi connectivity index (χ1v) is 7.33. The summed E-state index contributed by atoms with van der Waals surface area (Å²) in [6, 6.07) is 0. The van der Waals surface area contributed by atoms with Crippen LogP contribution in [0.4, 0.5) is 0 Å². The fourth-order valence-corrected chi connectivity index (χ4v) is 4.25. The fraction of sp³-hybridized carbons (Fsp3) is 0.667. The van der Waals surface area contributed by atoms with Gasteiger partial charge in [-0.05, 0) is 40.6 Å². The normalized spacial score (nSPS) is 21.8. The van der Waals surface area contributed by atoms with E-state index in [4.69, 9.17) is 0 Å². The Morgan fingerprint density at radius 3 is 2.60 bits per heavy atom. The lowest BCUT2D eigenvalue weighted by atomic mass is 9.76. The molecule has 3 heteroatoms. The van der Waals surface area contributed by atoms with Crippen molar-refractivity contribution in [2.45, 2.75) is 45.1 Å². The zero-order valence-electron chi connectivity index (χ0n) is 9.00. The third-order valence-corrected chi connectivity index (χ3v) is 5.57. The summed E-state index contributed by atoms with van der Waals surface area (Å²) in [6.07, 6.45) is 5.68. The molecule has 2 rings (SSSR count). The number of aliphatic hydroxyl groups is 1. The molecule has 0 radical (unpaired) electrons. The van der Waals surface area contributed by atoms with Gasteiger partial charge in [-0.3, -0.25) is 0 Å². The zero-order chi connectivity index (χ0) is 10.9. The van der Waals surface area contributed by atoms with Gasteiger partial charge >= 0.3 is 0 Å². The highest BCUT2D eigenvalue weighted by atomic mass is 79.9. The molecule has 1 aliphatic carbocycles. The number of hydrogen-bond acceptors (Lipinski definition) is 2. The molecular formula is C12H17BrOS. The maximum Gasteiger partial charge on any atom is 0.0865 e. The molecule has 0 aliphatic heterocycles. The molecule has 1 heterocycles. The van der Waals surface area contributed by atoms with E-state index in [2.05, 4.69) is 33.6 Å². The monoisotopic (exact) mass is 288 g/mol. The van der Waals surface area contributed by atoms with Crippen molar-refractivity contribution < 1.29 is 5.11 Å². The quantitative estimate of drug-likeness (QED) is 0.867. The first-order chi connectivity index (χ1) is 7.19. The Bertz CT molecular complexity index is 328. The smallest absolute Gasteiger partial charge is 0.0865 e. The number of thiophene rings is 1. The first kappa shape index (κ1) is 11.6. The lowest BCUT2D eigenvalue weighted by Crippen LogP contribution is -2.24. The molecular weight excluding hydrogens is 272 g/mol. The van der Waals surface area contributed by atoms with Crippen LogP contribution in [0.25, 0.3) is 0 Å². The van der Waals surface area contributed by atoms with Gasteiger partial charge in [0.1, 0.15) is 0 Å². The molecule has 0 amide bonds. The lowest BCUT2D eigenvalue weighted by Gasteiger charge is -2.33. The molecule has 1 fully saturated rings. The summed E-state index contributed by atoms with van der Waals surface area (Å²) in [5, 5.41) is 14.6. The molecule has 1 unspecified atom stereocenters. The van der Waals surface area contributed by atoms with E-state index < -0.39 is 0 Å². The second-order valence-electron chi connectivity index (χ2n) is 4.50. The van der Waals surface area contributed by atoms with E-state index >= 15 is 0 Å². The third kappa shape index (κ3) is 2.02. The molecule has 1 aromatic heterocycles. The third-order valence-electron chi connectivity index (χ3n) is 3.82. The Kier molecular flexibility index (Phi) is 3.53. The molecule has 1 aliphatic rings. The second kappa shape index (κ2) is 4.56. The van der Waals surface area contributed by atoms with E-state index in [1.807, 2.05) is 0 Å². The van der Waals surface area contributed by atoms with E-state index in [-0.39, 0.29) is 11.5 Å². The van der Waals surface area contributed by atoms with Crippen molar-refractivity contribution in [3.05, 3.63) is 20.8 Å². The maximum absolute atomic E-state index is 10.5. The SMILES string of the molecule is CCC1(C(O)c2cscc2Br)CCCC1. The van der Waals surface area contributed by atoms with E-state index in [1.54, 1.807) is 11.3 Å². The zero-order valence-corrected chi connectivity index (χ0v) is 11.4. The Morgan fingerprint density at radius 1 is 1.47 bits per heavy atom. The van der Waals surface area contributed by atoms with Crippen molar-refractivity contribution in [3.63, 3.8) is 0 Å². The minimum Gasteiger partial charge on any atom is -0.388 e. The van der Waals surface area contributed by atoms with Gasteiger partial charge in [-0.1, -0.05) is 19.8 Å². The summed E-state index contributed by atoms with van der Waals surface area (Å²) < 4.78 is 1.07. The average molecular weight is 289 g/mol. The maximum atomic E-state index is 10.5. The molecule has 0 spiro atoms. The molecule has 0 bridgehead atoms. The van der Waals surface area contributed by atoms with Crippen molar-refractivity contribution in [3.8, 4) is 0 Å². The topological polar surface area (TPSA) is 20.2 Å². The summed E-state index contributed by atoms with van der Waals surface area (Å²) in [7, 11) is 0. The summed E-state index contributed by atoms with van der Waals surface area (Å²) in [6.45, 7) is 2.20. The van der Waals surface area contributed by atoms with Gasteiger partial charge in [0.15, 0.2) is 0 Å². The van der Waals surface area contributed by atoms with Gasteiger partial charge in [0, 0.05) is 20.8 Å². The molecule has 0 aromatic carbocycles. The highest BCUT2D eigenvalue weighted by molar-refractivity contribution is 9.10. The van der Waals surface area contributed by atoms with Crippen LogP contribution in [-0.4, -0.2) is 5.11 Å². The van der Waals surface area contributed by atoms with E-state index in [1.165, 1.54) is 25.7 Å². The highest BCUT2D eigenvalue weighted by Crippen LogP contribution is 2.51. The Morgan fingerprint density at radius 2 is 2.13 bits per heavy atom. The molecule has 1 atom stereocenters. The van der Waals surface area contributed by atoms with Crippen LogP contribution in [0.2, 0.25) is 0 Å². The summed E-state index contributed by atoms with van der Waals surface area (Å²) >= 11 is 5.17. The van der Waals surface area contributed by atoms with Gasteiger partial charge in [0.05, 0.1) is 6.10 Å². The summed E-state index contributed by atoms with van der Waals surface area (Å²) in [5.74, 6) is 0. The number of hydrogen-bond donors (Lipinski definition) is 1. The van der Waals surface area contributed by atoms with Gasteiger partial charge < -0.3 is 5.11 Å². The molecule has 84 valence electrons. The fourth-order valence-electron chi connectivity index (χ4n) is 2.72. The number of rotatable bonds is 3. The predicted molar refractivity (Wildman–Crippen MR) is 68.2 cm³/mol. The predicted octanol–water partition coefficient (Wildman–Crippen LogP) is 4.51. The molecule has 0 saturated heterocycles. The summed E-state index contributed by atoms with van der Waals surface area (Å²) in [4.78, 5) is 0. The van der Waals surface area contributed by atoms with E-state index in [9.17, 15) is 5.11 Å². The minimum absolute atomic E-state index is 0.142. The van der Waals surface area contributed by atoms with Gasteiger partial charge in [-0.2, -0.15) is 11.3 Å². The molecule has 15 heavy (non-hydrogen) atoms. The minimum atomic E-state index is -0.286. The first-order valence-electron chi connectivity index (χ1n) is 5.59. The van der Waals surface area contributed by atoms with Crippen LogP contribution in [0.15, 0.2) is 15.2 Å². The standard InChI is InChI=1S/C12H17BrOS/c1-2-12(5-3-4-6-12)11(14)9-7-15-8-10(9)13/h7-8,11,14H,2-6H2,1H3.